The van der Waals surface area contributed by atoms with Gasteiger partial charge in [-0.15, -0.1) is 0 Å². The fraction of sp³-hybridized carbons (Fsp3) is 0.200. The molecule has 0 fully saturated rings. The molecule has 1 aliphatic heterocycles. The van der Waals surface area contributed by atoms with Gasteiger partial charge in [-0.2, -0.15) is 0 Å². The van der Waals surface area contributed by atoms with Crippen LogP contribution in [0.4, 0.5) is 10.5 Å². The van der Waals surface area contributed by atoms with Gasteiger partial charge in [0.05, 0.1) is 39.5 Å². The molecule has 1 heterocycles. The molecule has 1 N–H and O–H groups in total. The van der Waals surface area contributed by atoms with Crippen LogP contribution in [0.3, 0.4) is 0 Å². The van der Waals surface area contributed by atoms with Crippen molar-refractivity contribution in [2.24, 2.45) is 0 Å². The van der Waals surface area contributed by atoms with E-state index in [0.29, 0.717) is 6.42 Å². The second-order valence-corrected chi connectivity index (χ2v) is 4.96. The minimum absolute atomic E-state index is 0.0283. The highest BCUT2D eigenvalue weighted by Gasteiger charge is 2.15. The van der Waals surface area contributed by atoms with Gasteiger partial charge >= 0.3 is 3.98 Å². The molecule has 1 aromatic carbocycles. The zero-order valence-corrected chi connectivity index (χ0v) is 11.1. The van der Waals surface area contributed by atoms with Crippen molar-refractivity contribution in [2.45, 2.75) is 17.7 Å². The van der Waals surface area contributed by atoms with Gasteiger partial charge in [0.2, 0.25) is 5.91 Å². The highest BCUT2D eigenvalue weighted by molar-refractivity contribution is 14.1. The van der Waals surface area contributed by atoms with E-state index in [1.165, 1.54) is 0 Å². The van der Waals surface area contributed by atoms with Crippen molar-refractivity contribution in [1.29, 1.82) is 0 Å². The van der Waals surface area contributed by atoms with E-state index in [-0.39, 0.29) is 9.88 Å². The summed E-state index contributed by atoms with van der Waals surface area (Å²) in [6, 6.07) is 5.63. The summed E-state index contributed by atoms with van der Waals surface area (Å²) < 4.78 is 4.43. The van der Waals surface area contributed by atoms with Crippen molar-refractivity contribution in [2.75, 3.05) is 5.32 Å². The number of amides is 1. The van der Waals surface area contributed by atoms with Crippen LogP contribution >= 0.6 is 34.6 Å². The average molecular weight is 349 g/mol. The quantitative estimate of drug-likeness (QED) is 0.506. The fourth-order valence-corrected chi connectivity index (χ4v) is 2.20. The molecule has 0 radical (unpaired) electrons. The van der Waals surface area contributed by atoms with Crippen LogP contribution in [0.1, 0.15) is 12.0 Å². The molecule has 4 nitrogen and oxygen atoms in total. The lowest BCUT2D eigenvalue weighted by Crippen LogP contribution is -2.18. The predicted octanol–water partition coefficient (Wildman–Crippen LogP) is 3.15. The molecule has 1 aliphatic rings. The zero-order chi connectivity index (χ0) is 11.5. The van der Waals surface area contributed by atoms with Crippen molar-refractivity contribution < 1.29 is 13.8 Å². The van der Waals surface area contributed by atoms with Gasteiger partial charge in [-0.3, -0.25) is 4.79 Å². The van der Waals surface area contributed by atoms with E-state index >= 15 is 0 Å². The van der Waals surface area contributed by atoms with Crippen LogP contribution in [0.2, 0.25) is 0 Å². The molecule has 0 aliphatic carbocycles. The minimum Gasteiger partial charge on any atom is -0.378 e. The molecular formula is C10H8INO3S. The monoisotopic (exact) mass is 349 g/mol. The van der Waals surface area contributed by atoms with E-state index < -0.39 is 0 Å². The molecule has 1 amide bonds. The Kier molecular flexibility index (Phi) is 3.70. The van der Waals surface area contributed by atoms with Crippen LogP contribution in [0, 0.1) is 0 Å². The maximum Gasteiger partial charge on any atom is 0.379 e. The average Bonchev–Trinajstić information content (AvgIpc) is 2.25. The highest BCUT2D eigenvalue weighted by atomic mass is 127. The van der Waals surface area contributed by atoms with Crippen LogP contribution in [0.25, 0.3) is 0 Å². The molecule has 0 bridgehead atoms. The van der Waals surface area contributed by atoms with Crippen molar-refractivity contribution in [3.8, 4) is 0 Å². The Balaban J connectivity index is 2.14. The molecule has 0 saturated heterocycles. The van der Waals surface area contributed by atoms with Crippen molar-refractivity contribution in [3.05, 3.63) is 23.8 Å². The number of hydrogen-bond donors (Lipinski definition) is 1. The largest absolute Gasteiger partial charge is 0.379 e. The van der Waals surface area contributed by atoms with E-state index in [0.717, 1.165) is 34.6 Å². The smallest absolute Gasteiger partial charge is 0.378 e. The Labute approximate surface area is 110 Å². The Hall–Kier alpha value is -0.760. The maximum atomic E-state index is 11.2. The van der Waals surface area contributed by atoms with Gasteiger partial charge in [-0.05, 0) is 24.1 Å². The third kappa shape index (κ3) is 2.88. The number of carbonyl (C=O) groups excluding carboxylic acids is 2. The van der Waals surface area contributed by atoms with E-state index in [1.54, 1.807) is 22.6 Å². The third-order valence-corrected chi connectivity index (χ3v) is 3.38. The summed E-state index contributed by atoms with van der Waals surface area (Å²) in [6.45, 7) is 0. The van der Waals surface area contributed by atoms with Crippen LogP contribution in [-0.4, -0.2) is 9.88 Å². The number of carbonyl (C=O) groups is 2. The van der Waals surface area contributed by atoms with Crippen molar-refractivity contribution in [3.63, 3.8) is 0 Å². The number of hydrogen-bond acceptors (Lipinski definition) is 4. The standard InChI is InChI=1S/C10H8INO3S/c11-10(14)15-16-7-3-1-6-2-4-9(13)12-8(6)5-7/h1,3,5H,2,4H2,(H,12,13). The molecule has 0 unspecified atom stereocenters. The van der Waals surface area contributed by atoms with Gasteiger partial charge in [0, 0.05) is 12.1 Å². The number of nitrogens with one attached hydrogen (secondary N) is 1. The van der Waals surface area contributed by atoms with Gasteiger partial charge in [0.25, 0.3) is 0 Å². The van der Waals surface area contributed by atoms with E-state index in [2.05, 4.69) is 5.32 Å². The first kappa shape index (κ1) is 11.7. The van der Waals surface area contributed by atoms with Crippen LogP contribution < -0.4 is 5.32 Å². The summed E-state index contributed by atoms with van der Waals surface area (Å²) >= 11 is 2.56. The molecule has 0 saturated carbocycles. The van der Waals surface area contributed by atoms with Gasteiger partial charge in [-0.25, -0.2) is 4.79 Å². The summed E-state index contributed by atoms with van der Waals surface area (Å²) in [4.78, 5) is 22.6. The summed E-state index contributed by atoms with van der Waals surface area (Å²) in [6.07, 6.45) is 1.29. The molecule has 84 valence electrons. The van der Waals surface area contributed by atoms with Gasteiger partial charge in [0.15, 0.2) is 0 Å². The number of benzene rings is 1. The summed E-state index contributed by atoms with van der Waals surface area (Å²) in [5.41, 5.74) is 1.93. The van der Waals surface area contributed by atoms with Crippen LogP contribution in [0.15, 0.2) is 23.1 Å². The SMILES string of the molecule is O=C1CCc2ccc(SOC(=O)I)cc2N1. The zero-order valence-electron chi connectivity index (χ0n) is 8.16. The maximum absolute atomic E-state index is 11.2. The van der Waals surface area contributed by atoms with E-state index in [9.17, 15) is 9.59 Å². The molecule has 0 aromatic heterocycles. The molecular weight excluding hydrogens is 341 g/mol. The first-order valence-corrected chi connectivity index (χ1v) is 6.44. The Morgan fingerprint density at radius 3 is 3.00 bits per heavy atom. The lowest BCUT2D eigenvalue weighted by molar-refractivity contribution is -0.116. The number of aryl methyl sites for hydroxylation is 1. The van der Waals surface area contributed by atoms with E-state index in [1.807, 2.05) is 18.2 Å². The summed E-state index contributed by atoms with van der Waals surface area (Å²) in [5, 5.41) is 2.79. The summed E-state index contributed by atoms with van der Waals surface area (Å²) in [5.74, 6) is 0.0283. The topological polar surface area (TPSA) is 55.4 Å². The van der Waals surface area contributed by atoms with Crippen LogP contribution in [0.5, 0.6) is 0 Å². The Bertz CT molecular complexity index is 450. The second kappa shape index (κ2) is 5.05. The molecule has 16 heavy (non-hydrogen) atoms. The summed E-state index contributed by atoms with van der Waals surface area (Å²) in [7, 11) is 0. The number of halogens is 1. The van der Waals surface area contributed by atoms with Gasteiger partial charge in [-0.1, -0.05) is 6.07 Å². The molecule has 0 spiro atoms. The molecule has 1 aromatic rings. The first-order valence-electron chi connectivity index (χ1n) is 4.62. The number of fused-ring (bicyclic) bond motifs is 1. The molecule has 6 heteroatoms. The first-order chi connectivity index (χ1) is 7.65. The fourth-order valence-electron chi connectivity index (χ4n) is 1.48. The van der Waals surface area contributed by atoms with Crippen molar-refractivity contribution >= 4 is 50.2 Å². The van der Waals surface area contributed by atoms with E-state index in [4.69, 9.17) is 4.18 Å². The second-order valence-electron chi connectivity index (χ2n) is 3.27. The Morgan fingerprint density at radius 2 is 2.25 bits per heavy atom. The number of anilines is 1. The lowest BCUT2D eigenvalue weighted by atomic mass is 10.0. The highest BCUT2D eigenvalue weighted by Crippen LogP contribution is 2.29. The van der Waals surface area contributed by atoms with Gasteiger partial charge < -0.3 is 9.50 Å². The van der Waals surface area contributed by atoms with Crippen molar-refractivity contribution in [1.82, 2.24) is 0 Å². The minimum atomic E-state index is -0.371. The Morgan fingerprint density at radius 1 is 1.44 bits per heavy atom. The lowest BCUT2D eigenvalue weighted by Gasteiger charge is -2.16. The predicted molar refractivity (Wildman–Crippen MR) is 69.8 cm³/mol. The number of rotatable bonds is 2. The van der Waals surface area contributed by atoms with Gasteiger partial charge in [0.1, 0.15) is 0 Å². The normalized spacial score (nSPS) is 13.9. The third-order valence-electron chi connectivity index (χ3n) is 2.18. The molecule has 2 rings (SSSR count). The van der Waals surface area contributed by atoms with Crippen LogP contribution in [-0.2, 0) is 15.4 Å². The molecule has 0 atom stereocenters.